The van der Waals surface area contributed by atoms with Crippen molar-refractivity contribution in [2.24, 2.45) is 5.92 Å². The number of rotatable bonds is 8. The molecule has 0 radical (unpaired) electrons. The molecule has 1 aliphatic heterocycles. The van der Waals surface area contributed by atoms with E-state index in [1.807, 2.05) is 4.68 Å². The minimum atomic E-state index is -0.538. The third-order valence-corrected chi connectivity index (χ3v) is 5.66. The summed E-state index contributed by atoms with van der Waals surface area (Å²) in [4.78, 5) is 12.6. The lowest BCUT2D eigenvalue weighted by Crippen LogP contribution is -2.38. The van der Waals surface area contributed by atoms with Gasteiger partial charge < -0.3 is 20.1 Å². The van der Waals surface area contributed by atoms with Crippen molar-refractivity contribution in [2.75, 3.05) is 13.1 Å². The number of carbonyl (C=O) groups excluding carboxylic acids is 1. The molecule has 4 rings (SSSR count). The Kier molecular flexibility index (Phi) is 7.44. The van der Waals surface area contributed by atoms with Crippen LogP contribution in [-0.4, -0.2) is 35.0 Å². The van der Waals surface area contributed by atoms with Crippen molar-refractivity contribution in [3.8, 4) is 17.2 Å². The molecule has 1 unspecified atom stereocenters. The molecular formula is C25H31FN4O3. The molecule has 8 heteroatoms. The van der Waals surface area contributed by atoms with Gasteiger partial charge >= 0.3 is 6.09 Å². The summed E-state index contributed by atoms with van der Waals surface area (Å²) >= 11 is 0. The number of aromatic nitrogens is 2. The van der Waals surface area contributed by atoms with Crippen LogP contribution in [0.2, 0.25) is 0 Å². The molecule has 2 N–H and O–H groups in total. The standard InChI is InChI=1S/C25H31FN4O3/c1-17(2)16-30-22-14-24(33-25(31)28-12-10-20-5-3-4-11-27-20)23(13-18(22)15-29-30)32-21-8-6-19(26)7-9-21/h6-9,13-15,17,20,27H,3-5,10-12,16H2,1-2H3,(H,28,31). The fraction of sp³-hybridized carbons (Fsp3) is 0.440. The van der Waals surface area contributed by atoms with E-state index in [1.165, 1.54) is 37.1 Å². The Balaban J connectivity index is 1.51. The van der Waals surface area contributed by atoms with E-state index < -0.39 is 6.09 Å². The Morgan fingerprint density at radius 1 is 1.24 bits per heavy atom. The summed E-state index contributed by atoms with van der Waals surface area (Å²) in [7, 11) is 0. The van der Waals surface area contributed by atoms with E-state index in [-0.39, 0.29) is 11.6 Å². The molecule has 1 aromatic heterocycles. The molecule has 0 bridgehead atoms. The highest BCUT2D eigenvalue weighted by Gasteiger charge is 2.17. The summed E-state index contributed by atoms with van der Waals surface area (Å²) in [6, 6.07) is 9.69. The summed E-state index contributed by atoms with van der Waals surface area (Å²) in [5.74, 6) is 1.15. The van der Waals surface area contributed by atoms with Crippen LogP contribution in [-0.2, 0) is 6.54 Å². The number of fused-ring (bicyclic) bond motifs is 1. The van der Waals surface area contributed by atoms with Gasteiger partial charge in [0.15, 0.2) is 11.5 Å². The van der Waals surface area contributed by atoms with Crippen LogP contribution in [0.25, 0.3) is 10.9 Å². The zero-order chi connectivity index (χ0) is 23.2. The number of nitrogens with one attached hydrogen (secondary N) is 2. The molecule has 1 fully saturated rings. The van der Waals surface area contributed by atoms with Gasteiger partial charge in [-0.1, -0.05) is 20.3 Å². The maximum absolute atomic E-state index is 13.3. The van der Waals surface area contributed by atoms with Gasteiger partial charge in [0.2, 0.25) is 0 Å². The Morgan fingerprint density at radius 2 is 2.06 bits per heavy atom. The van der Waals surface area contributed by atoms with E-state index in [9.17, 15) is 9.18 Å². The highest BCUT2D eigenvalue weighted by molar-refractivity contribution is 5.84. The maximum Gasteiger partial charge on any atom is 0.412 e. The van der Waals surface area contributed by atoms with Crippen molar-refractivity contribution in [2.45, 2.75) is 52.1 Å². The first-order chi connectivity index (χ1) is 16.0. The molecule has 2 heterocycles. The molecule has 7 nitrogen and oxygen atoms in total. The van der Waals surface area contributed by atoms with Crippen molar-refractivity contribution in [3.63, 3.8) is 0 Å². The summed E-state index contributed by atoms with van der Waals surface area (Å²) in [5.41, 5.74) is 0.851. The van der Waals surface area contributed by atoms with Crippen molar-refractivity contribution in [1.82, 2.24) is 20.4 Å². The minimum absolute atomic E-state index is 0.283. The number of benzene rings is 2. The first-order valence-electron chi connectivity index (χ1n) is 11.6. The van der Waals surface area contributed by atoms with Crippen molar-refractivity contribution in [1.29, 1.82) is 0 Å². The van der Waals surface area contributed by atoms with Crippen LogP contribution in [0.1, 0.15) is 39.5 Å². The third kappa shape index (κ3) is 6.22. The largest absolute Gasteiger partial charge is 0.453 e. The smallest absolute Gasteiger partial charge is 0.412 e. The fourth-order valence-corrected chi connectivity index (χ4v) is 4.02. The Labute approximate surface area is 193 Å². The van der Waals surface area contributed by atoms with E-state index in [2.05, 4.69) is 29.6 Å². The Hall–Kier alpha value is -3.13. The lowest BCUT2D eigenvalue weighted by Gasteiger charge is -2.23. The number of hydrogen-bond acceptors (Lipinski definition) is 5. The maximum atomic E-state index is 13.3. The second-order valence-corrected chi connectivity index (χ2v) is 8.89. The van der Waals surface area contributed by atoms with E-state index >= 15 is 0 Å². The van der Waals surface area contributed by atoms with Crippen LogP contribution >= 0.6 is 0 Å². The van der Waals surface area contributed by atoms with E-state index in [0.717, 1.165) is 36.8 Å². The highest BCUT2D eigenvalue weighted by Crippen LogP contribution is 2.36. The molecule has 1 aliphatic rings. The normalized spacial score (nSPS) is 16.2. The molecule has 1 amide bonds. The number of hydrogen-bond donors (Lipinski definition) is 2. The third-order valence-electron chi connectivity index (χ3n) is 5.66. The lowest BCUT2D eigenvalue weighted by atomic mass is 10.0. The van der Waals surface area contributed by atoms with Crippen LogP contribution in [0.5, 0.6) is 17.2 Å². The second kappa shape index (κ2) is 10.7. The summed E-state index contributed by atoms with van der Waals surface area (Å²) in [6.45, 7) is 6.53. The predicted octanol–water partition coefficient (Wildman–Crippen LogP) is 5.24. The summed E-state index contributed by atoms with van der Waals surface area (Å²) < 4.78 is 26.8. The number of ether oxygens (including phenoxy) is 2. The summed E-state index contributed by atoms with van der Waals surface area (Å²) in [6.07, 6.45) is 5.63. The second-order valence-electron chi connectivity index (χ2n) is 8.89. The van der Waals surface area contributed by atoms with Crippen LogP contribution in [0.3, 0.4) is 0 Å². The van der Waals surface area contributed by atoms with Crippen LogP contribution in [0.4, 0.5) is 9.18 Å². The SMILES string of the molecule is CC(C)Cn1ncc2cc(Oc3ccc(F)cc3)c(OC(=O)NCCC3CCCCN3)cc21. The van der Waals surface area contributed by atoms with E-state index in [4.69, 9.17) is 9.47 Å². The molecule has 0 aliphatic carbocycles. The Bertz CT molecular complexity index is 1080. The van der Waals surface area contributed by atoms with Gasteiger partial charge in [-0.25, -0.2) is 9.18 Å². The Morgan fingerprint density at radius 3 is 2.79 bits per heavy atom. The number of halogens is 1. The molecular weight excluding hydrogens is 423 g/mol. The zero-order valence-electron chi connectivity index (χ0n) is 19.1. The van der Waals surface area contributed by atoms with Crippen LogP contribution in [0, 0.1) is 11.7 Å². The number of amides is 1. The summed E-state index contributed by atoms with van der Waals surface area (Å²) in [5, 5.41) is 11.6. The molecule has 3 aromatic rings. The minimum Gasteiger partial charge on any atom is -0.453 e. The predicted molar refractivity (Wildman–Crippen MR) is 125 cm³/mol. The quantitative estimate of drug-likeness (QED) is 0.486. The number of carbonyl (C=O) groups is 1. The molecule has 33 heavy (non-hydrogen) atoms. The average molecular weight is 455 g/mol. The van der Waals surface area contributed by atoms with Gasteiger partial charge in [0, 0.05) is 30.6 Å². The van der Waals surface area contributed by atoms with Gasteiger partial charge in [0.05, 0.1) is 11.7 Å². The van der Waals surface area contributed by atoms with Crippen molar-refractivity contribution in [3.05, 3.63) is 48.4 Å². The zero-order valence-corrected chi connectivity index (χ0v) is 19.1. The van der Waals surface area contributed by atoms with Gasteiger partial charge in [-0.3, -0.25) is 4.68 Å². The van der Waals surface area contributed by atoms with Gasteiger partial charge in [-0.2, -0.15) is 5.10 Å². The molecule has 0 saturated carbocycles. The molecule has 1 atom stereocenters. The number of nitrogens with zero attached hydrogens (tertiary/aromatic N) is 2. The first-order valence-corrected chi connectivity index (χ1v) is 11.6. The molecule has 2 aromatic carbocycles. The molecule has 0 spiro atoms. The van der Waals surface area contributed by atoms with Crippen molar-refractivity contribution >= 4 is 17.0 Å². The average Bonchev–Trinajstić information content (AvgIpc) is 3.17. The monoisotopic (exact) mass is 454 g/mol. The van der Waals surface area contributed by atoms with Gasteiger partial charge in [0.1, 0.15) is 11.6 Å². The van der Waals surface area contributed by atoms with E-state index in [0.29, 0.717) is 30.0 Å². The van der Waals surface area contributed by atoms with Crippen LogP contribution < -0.4 is 20.1 Å². The van der Waals surface area contributed by atoms with Gasteiger partial charge in [-0.05, 0) is 62.1 Å². The molecule has 1 saturated heterocycles. The highest BCUT2D eigenvalue weighted by atomic mass is 19.1. The van der Waals surface area contributed by atoms with Crippen molar-refractivity contribution < 1.29 is 18.7 Å². The lowest BCUT2D eigenvalue weighted by molar-refractivity contribution is 0.198. The van der Waals surface area contributed by atoms with Gasteiger partial charge in [0.25, 0.3) is 0 Å². The van der Waals surface area contributed by atoms with E-state index in [1.54, 1.807) is 18.3 Å². The topological polar surface area (TPSA) is 77.4 Å². The molecule has 176 valence electrons. The first kappa shape index (κ1) is 23.0. The number of piperidine rings is 1. The van der Waals surface area contributed by atoms with Gasteiger partial charge in [-0.15, -0.1) is 0 Å². The fourth-order valence-electron chi connectivity index (χ4n) is 4.02. The van der Waals surface area contributed by atoms with Crippen LogP contribution in [0.15, 0.2) is 42.6 Å².